The lowest BCUT2D eigenvalue weighted by molar-refractivity contribution is 0.458. The lowest BCUT2D eigenvalue weighted by Crippen LogP contribution is -2.21. The van der Waals surface area contributed by atoms with E-state index in [1.807, 2.05) is 19.1 Å². The molecule has 0 spiro atoms. The highest BCUT2D eigenvalue weighted by molar-refractivity contribution is 7.86. The highest BCUT2D eigenvalue weighted by Crippen LogP contribution is 2.41. The van der Waals surface area contributed by atoms with Gasteiger partial charge in [-0.3, -0.25) is 0 Å². The molecule has 0 aliphatic carbocycles. The molecule has 0 fully saturated rings. The van der Waals surface area contributed by atoms with Crippen molar-refractivity contribution in [2.75, 3.05) is 6.26 Å². The summed E-state index contributed by atoms with van der Waals surface area (Å²) >= 11 is 0. The van der Waals surface area contributed by atoms with Crippen molar-refractivity contribution in [1.82, 2.24) is 0 Å². The Morgan fingerprint density at radius 2 is 1.25 bits per heavy atom. The van der Waals surface area contributed by atoms with Gasteiger partial charge in [0.15, 0.2) is 0 Å². The van der Waals surface area contributed by atoms with Crippen LogP contribution in [-0.4, -0.2) is 14.7 Å². The Morgan fingerprint density at radius 3 is 1.50 bits per heavy atom. The van der Waals surface area contributed by atoms with E-state index in [0.717, 1.165) is 22.9 Å². The number of aryl methyl sites for hydroxylation is 1. The molecule has 0 radical (unpaired) electrons. The predicted molar refractivity (Wildman–Crippen MR) is 84.1 cm³/mol. The molecular weight excluding hydrogens is 272 g/mol. The zero-order valence-corrected chi connectivity index (χ0v) is 14.6. The number of benzene rings is 1. The topological polar surface area (TPSA) is 43.4 Å². The third-order valence-electron chi connectivity index (χ3n) is 3.08. The Labute approximate surface area is 123 Å². The van der Waals surface area contributed by atoms with Crippen molar-refractivity contribution in [3.8, 4) is 5.75 Å². The van der Waals surface area contributed by atoms with Gasteiger partial charge in [0.1, 0.15) is 5.75 Å². The van der Waals surface area contributed by atoms with Crippen LogP contribution in [0.25, 0.3) is 0 Å². The van der Waals surface area contributed by atoms with E-state index < -0.39 is 10.1 Å². The summed E-state index contributed by atoms with van der Waals surface area (Å²) in [6, 6.07) is 4.02. The summed E-state index contributed by atoms with van der Waals surface area (Å²) in [5.41, 5.74) is 2.58. The molecule has 114 valence electrons. The summed E-state index contributed by atoms with van der Waals surface area (Å²) < 4.78 is 28.6. The molecule has 20 heavy (non-hydrogen) atoms. The Bertz CT molecular complexity index is 565. The van der Waals surface area contributed by atoms with E-state index in [1.54, 1.807) is 0 Å². The molecule has 0 heterocycles. The van der Waals surface area contributed by atoms with E-state index in [2.05, 4.69) is 41.5 Å². The monoisotopic (exact) mass is 298 g/mol. The first-order chi connectivity index (χ1) is 8.72. The van der Waals surface area contributed by atoms with Crippen LogP contribution >= 0.6 is 0 Å². The smallest absolute Gasteiger partial charge is 0.306 e. The number of hydrogen-bond donors (Lipinski definition) is 0. The number of hydrogen-bond acceptors (Lipinski definition) is 3. The van der Waals surface area contributed by atoms with Crippen molar-refractivity contribution in [2.24, 2.45) is 0 Å². The number of rotatable bonds is 2. The van der Waals surface area contributed by atoms with Gasteiger partial charge in [0, 0.05) is 11.1 Å². The van der Waals surface area contributed by atoms with E-state index in [9.17, 15) is 8.42 Å². The highest BCUT2D eigenvalue weighted by atomic mass is 32.2. The maximum absolute atomic E-state index is 11.6. The van der Waals surface area contributed by atoms with Crippen LogP contribution in [-0.2, 0) is 20.9 Å². The standard InChI is InChI=1S/C16H26O3S/c1-11-9-12(15(2,3)4)14(19-20(8,17)18)13(10-11)16(5,6)7/h9-10H,1-8H3. The summed E-state index contributed by atoms with van der Waals surface area (Å²) in [7, 11) is -3.56. The van der Waals surface area contributed by atoms with Gasteiger partial charge >= 0.3 is 10.1 Å². The zero-order valence-electron chi connectivity index (χ0n) is 13.8. The van der Waals surface area contributed by atoms with Gasteiger partial charge in [-0.15, -0.1) is 0 Å². The second-order valence-corrected chi connectivity index (χ2v) is 9.05. The summed E-state index contributed by atoms with van der Waals surface area (Å²) in [6.07, 6.45) is 1.09. The van der Waals surface area contributed by atoms with E-state index in [-0.39, 0.29) is 10.8 Å². The van der Waals surface area contributed by atoms with Gasteiger partial charge in [-0.2, -0.15) is 8.42 Å². The molecule has 0 bridgehead atoms. The molecule has 1 rings (SSSR count). The molecular formula is C16H26O3S. The molecule has 1 aromatic carbocycles. The highest BCUT2D eigenvalue weighted by Gasteiger charge is 2.29. The summed E-state index contributed by atoms with van der Waals surface area (Å²) in [4.78, 5) is 0. The van der Waals surface area contributed by atoms with Crippen molar-refractivity contribution in [2.45, 2.75) is 59.3 Å². The second kappa shape index (κ2) is 5.06. The van der Waals surface area contributed by atoms with E-state index in [4.69, 9.17) is 4.18 Å². The molecule has 0 atom stereocenters. The quantitative estimate of drug-likeness (QED) is 0.777. The summed E-state index contributed by atoms with van der Waals surface area (Å²) in [5.74, 6) is 0.484. The van der Waals surface area contributed by atoms with Gasteiger partial charge in [-0.1, -0.05) is 59.2 Å². The van der Waals surface area contributed by atoms with Gasteiger partial charge in [0.05, 0.1) is 6.26 Å². The van der Waals surface area contributed by atoms with Crippen LogP contribution in [0.5, 0.6) is 5.75 Å². The first kappa shape index (κ1) is 17.0. The molecule has 0 aliphatic rings. The molecule has 1 aromatic rings. The Hall–Kier alpha value is -1.03. The lowest BCUT2D eigenvalue weighted by atomic mass is 9.78. The van der Waals surface area contributed by atoms with E-state index >= 15 is 0 Å². The predicted octanol–water partition coefficient (Wildman–Crippen LogP) is 3.93. The molecule has 0 aliphatic heterocycles. The molecule has 3 nitrogen and oxygen atoms in total. The van der Waals surface area contributed by atoms with Gasteiger partial charge in [0.25, 0.3) is 0 Å². The fourth-order valence-corrected chi connectivity index (χ4v) is 2.61. The molecule has 0 saturated heterocycles. The first-order valence-corrected chi connectivity index (χ1v) is 8.58. The van der Waals surface area contributed by atoms with Crippen LogP contribution in [0.2, 0.25) is 0 Å². The van der Waals surface area contributed by atoms with Gasteiger partial charge in [-0.25, -0.2) is 0 Å². The van der Waals surface area contributed by atoms with Crippen molar-refractivity contribution in [3.63, 3.8) is 0 Å². The van der Waals surface area contributed by atoms with Crippen LogP contribution in [0.15, 0.2) is 12.1 Å². The van der Waals surface area contributed by atoms with Crippen molar-refractivity contribution < 1.29 is 12.6 Å². The summed E-state index contributed by atoms with van der Waals surface area (Å²) in [6.45, 7) is 14.4. The van der Waals surface area contributed by atoms with Crippen LogP contribution < -0.4 is 4.18 Å². The van der Waals surface area contributed by atoms with Gasteiger partial charge in [0.2, 0.25) is 0 Å². The van der Waals surface area contributed by atoms with Crippen LogP contribution in [0, 0.1) is 6.92 Å². The fourth-order valence-electron chi connectivity index (χ4n) is 2.13. The second-order valence-electron chi connectivity index (χ2n) is 7.48. The third-order valence-corrected chi connectivity index (χ3v) is 3.55. The Balaban J connectivity index is 3.72. The molecule has 0 unspecified atom stereocenters. The molecule has 0 aromatic heterocycles. The third kappa shape index (κ3) is 4.23. The maximum Gasteiger partial charge on any atom is 0.306 e. The minimum Gasteiger partial charge on any atom is -0.382 e. The Kier molecular flexibility index (Phi) is 4.31. The molecule has 0 amide bonds. The zero-order chi connectivity index (χ0) is 15.9. The molecule has 4 heteroatoms. The van der Waals surface area contributed by atoms with E-state index in [0.29, 0.717) is 5.75 Å². The average Bonchev–Trinajstić information content (AvgIpc) is 2.14. The Morgan fingerprint density at radius 1 is 0.900 bits per heavy atom. The SMILES string of the molecule is Cc1cc(C(C)(C)C)c(OS(C)(=O)=O)c(C(C)(C)C)c1. The molecule has 0 saturated carbocycles. The fraction of sp³-hybridized carbons (Fsp3) is 0.625. The average molecular weight is 298 g/mol. The van der Waals surface area contributed by atoms with Crippen molar-refractivity contribution in [1.29, 1.82) is 0 Å². The van der Waals surface area contributed by atoms with E-state index in [1.165, 1.54) is 0 Å². The van der Waals surface area contributed by atoms with Gasteiger partial charge < -0.3 is 4.18 Å². The lowest BCUT2D eigenvalue weighted by Gasteiger charge is -2.29. The normalized spacial score (nSPS) is 13.4. The van der Waals surface area contributed by atoms with Crippen molar-refractivity contribution in [3.05, 3.63) is 28.8 Å². The van der Waals surface area contributed by atoms with Gasteiger partial charge in [-0.05, 0) is 17.8 Å². The van der Waals surface area contributed by atoms with Crippen LogP contribution in [0.4, 0.5) is 0 Å². The molecule has 0 N–H and O–H groups in total. The maximum atomic E-state index is 11.6. The minimum absolute atomic E-state index is 0.188. The first-order valence-electron chi connectivity index (χ1n) is 6.77. The minimum atomic E-state index is -3.56. The largest absolute Gasteiger partial charge is 0.382 e. The van der Waals surface area contributed by atoms with Crippen LogP contribution in [0.1, 0.15) is 58.2 Å². The summed E-state index contributed by atoms with van der Waals surface area (Å²) in [5, 5.41) is 0. The van der Waals surface area contributed by atoms with Crippen LogP contribution in [0.3, 0.4) is 0 Å². The van der Waals surface area contributed by atoms with Crippen molar-refractivity contribution >= 4 is 10.1 Å².